The van der Waals surface area contributed by atoms with Crippen molar-refractivity contribution in [1.29, 1.82) is 0 Å². The first-order valence-electron chi connectivity index (χ1n) is 7.62. The molecule has 1 aromatic carbocycles. The lowest BCUT2D eigenvalue weighted by Gasteiger charge is -2.15. The van der Waals surface area contributed by atoms with Crippen molar-refractivity contribution in [3.8, 4) is 5.75 Å². The Balaban J connectivity index is 1.69. The number of nitrogens with two attached hydrogens (primary N) is 1. The number of benzene rings is 1. The zero-order chi connectivity index (χ0) is 15.1. The summed E-state index contributed by atoms with van der Waals surface area (Å²) >= 11 is 0. The molecule has 1 aromatic rings. The van der Waals surface area contributed by atoms with Crippen LogP contribution in [0.5, 0.6) is 5.75 Å². The van der Waals surface area contributed by atoms with E-state index in [1.807, 2.05) is 24.3 Å². The summed E-state index contributed by atoms with van der Waals surface area (Å²) in [5.74, 6) is 0.734. The van der Waals surface area contributed by atoms with Crippen LogP contribution in [0.4, 0.5) is 0 Å². The van der Waals surface area contributed by atoms with Gasteiger partial charge in [0.15, 0.2) is 0 Å². The second-order valence-electron chi connectivity index (χ2n) is 5.55. The molecule has 0 bridgehead atoms. The predicted molar refractivity (Wildman–Crippen MR) is 83.1 cm³/mol. The lowest BCUT2D eigenvalue weighted by Crippen LogP contribution is -2.37. The monoisotopic (exact) mass is 291 g/mol. The summed E-state index contributed by atoms with van der Waals surface area (Å²) in [6, 6.07) is 7.34. The molecule has 5 nitrogen and oxygen atoms in total. The Bertz CT molecular complexity index is 439. The van der Waals surface area contributed by atoms with E-state index in [2.05, 4.69) is 10.2 Å². The molecule has 3 N–H and O–H groups in total. The Hall–Kier alpha value is -1.59. The van der Waals surface area contributed by atoms with Crippen molar-refractivity contribution in [1.82, 2.24) is 10.2 Å². The minimum atomic E-state index is -0.474. The molecule has 1 saturated heterocycles. The highest BCUT2D eigenvalue weighted by Crippen LogP contribution is 2.13. The highest BCUT2D eigenvalue weighted by molar-refractivity contribution is 5.80. The van der Waals surface area contributed by atoms with Crippen molar-refractivity contribution in [2.75, 3.05) is 26.2 Å². The van der Waals surface area contributed by atoms with Crippen molar-refractivity contribution in [3.63, 3.8) is 0 Å². The van der Waals surface area contributed by atoms with Gasteiger partial charge in [0.05, 0.1) is 6.04 Å². The van der Waals surface area contributed by atoms with Gasteiger partial charge in [-0.25, -0.2) is 0 Å². The number of rotatable bonds is 7. The number of amides is 1. The van der Waals surface area contributed by atoms with Crippen molar-refractivity contribution in [2.45, 2.75) is 32.4 Å². The van der Waals surface area contributed by atoms with Crippen LogP contribution in [0, 0.1) is 0 Å². The van der Waals surface area contributed by atoms with Crippen LogP contribution in [0.15, 0.2) is 24.3 Å². The normalized spacial score (nSPS) is 16.7. The van der Waals surface area contributed by atoms with E-state index in [1.165, 1.54) is 25.9 Å². The van der Waals surface area contributed by atoms with Crippen LogP contribution < -0.4 is 15.8 Å². The van der Waals surface area contributed by atoms with Crippen LogP contribution in [0.2, 0.25) is 0 Å². The number of hydrogen-bond acceptors (Lipinski definition) is 4. The third kappa shape index (κ3) is 5.36. The first-order valence-corrected chi connectivity index (χ1v) is 7.62. The molecule has 0 saturated carbocycles. The quantitative estimate of drug-likeness (QED) is 0.790. The summed E-state index contributed by atoms with van der Waals surface area (Å²) in [4.78, 5) is 13.8. The van der Waals surface area contributed by atoms with Gasteiger partial charge in [-0.1, -0.05) is 12.1 Å². The third-order valence-electron chi connectivity index (χ3n) is 3.68. The van der Waals surface area contributed by atoms with Crippen LogP contribution in [0.1, 0.15) is 25.3 Å². The highest BCUT2D eigenvalue weighted by atomic mass is 16.5. The number of nitrogens with zero attached hydrogens (tertiary/aromatic N) is 1. The number of likely N-dealkylation sites (tertiary alicyclic amines) is 1. The van der Waals surface area contributed by atoms with Gasteiger partial charge in [-0.05, 0) is 50.6 Å². The summed E-state index contributed by atoms with van der Waals surface area (Å²) in [6.45, 7) is 6.27. The Morgan fingerprint density at radius 1 is 1.33 bits per heavy atom. The number of nitrogens with one attached hydrogen (secondary N) is 1. The van der Waals surface area contributed by atoms with Crippen molar-refractivity contribution < 1.29 is 9.53 Å². The second-order valence-corrected chi connectivity index (χ2v) is 5.55. The van der Waals surface area contributed by atoms with E-state index in [-0.39, 0.29) is 5.91 Å². The third-order valence-corrected chi connectivity index (χ3v) is 3.68. The number of hydrogen-bond donors (Lipinski definition) is 2. The van der Waals surface area contributed by atoms with Crippen LogP contribution >= 0.6 is 0 Å². The van der Waals surface area contributed by atoms with E-state index < -0.39 is 6.04 Å². The maximum Gasteiger partial charge on any atom is 0.236 e. The first kappa shape index (κ1) is 15.8. The zero-order valence-electron chi connectivity index (χ0n) is 12.7. The van der Waals surface area contributed by atoms with Crippen LogP contribution in [-0.2, 0) is 11.3 Å². The number of ether oxygens (including phenoxy) is 1. The summed E-state index contributed by atoms with van der Waals surface area (Å²) in [7, 11) is 0. The number of carbonyl (C=O) groups excluding carboxylic acids is 1. The van der Waals surface area contributed by atoms with E-state index in [9.17, 15) is 4.79 Å². The van der Waals surface area contributed by atoms with Gasteiger partial charge in [-0.2, -0.15) is 0 Å². The van der Waals surface area contributed by atoms with Crippen molar-refractivity contribution in [2.24, 2.45) is 5.73 Å². The van der Waals surface area contributed by atoms with Crippen molar-refractivity contribution >= 4 is 5.91 Å². The van der Waals surface area contributed by atoms with E-state index >= 15 is 0 Å². The fourth-order valence-electron chi connectivity index (χ4n) is 2.35. The summed E-state index contributed by atoms with van der Waals surface area (Å²) < 4.78 is 5.74. The minimum Gasteiger partial charge on any atom is -0.492 e. The lowest BCUT2D eigenvalue weighted by molar-refractivity contribution is -0.122. The Morgan fingerprint density at radius 2 is 2.00 bits per heavy atom. The highest BCUT2D eigenvalue weighted by Gasteiger charge is 2.10. The summed E-state index contributed by atoms with van der Waals surface area (Å²) in [5, 5.41) is 2.79. The van der Waals surface area contributed by atoms with Gasteiger partial charge in [0.25, 0.3) is 0 Å². The lowest BCUT2D eigenvalue weighted by atomic mass is 10.2. The van der Waals surface area contributed by atoms with Gasteiger partial charge < -0.3 is 15.8 Å². The zero-order valence-corrected chi connectivity index (χ0v) is 12.7. The molecule has 0 aliphatic carbocycles. The molecule has 0 radical (unpaired) electrons. The molecule has 0 spiro atoms. The van der Waals surface area contributed by atoms with E-state index in [4.69, 9.17) is 10.5 Å². The molecule has 0 unspecified atom stereocenters. The number of carbonyl (C=O) groups is 1. The van der Waals surface area contributed by atoms with Crippen LogP contribution in [0.25, 0.3) is 0 Å². The maximum atomic E-state index is 11.4. The van der Waals surface area contributed by atoms with Gasteiger partial charge in [-0.3, -0.25) is 9.69 Å². The van der Waals surface area contributed by atoms with E-state index in [1.54, 1.807) is 6.92 Å². The van der Waals surface area contributed by atoms with Gasteiger partial charge in [0.2, 0.25) is 5.91 Å². The minimum absolute atomic E-state index is 0.138. The average Bonchev–Trinajstić information content (AvgIpc) is 2.99. The SMILES string of the molecule is C[C@@H](N)C(=O)NCc1ccc(OCCN2CCCC2)cc1. The standard InChI is InChI=1S/C16H25N3O2/c1-13(17)16(20)18-12-14-4-6-15(7-5-14)21-11-10-19-8-2-3-9-19/h4-7,13H,2-3,8-12,17H2,1H3,(H,18,20)/t13-/m1/s1. The van der Waals surface area contributed by atoms with Crippen LogP contribution in [-0.4, -0.2) is 43.1 Å². The molecule has 1 aliphatic heterocycles. The second kappa shape index (κ2) is 8.00. The van der Waals surface area contributed by atoms with Crippen LogP contribution in [0.3, 0.4) is 0 Å². The fraction of sp³-hybridized carbons (Fsp3) is 0.562. The Kier molecular flexibility index (Phi) is 6.02. The molecule has 2 rings (SSSR count). The smallest absolute Gasteiger partial charge is 0.236 e. The molecule has 1 fully saturated rings. The largest absolute Gasteiger partial charge is 0.492 e. The molecule has 1 aliphatic rings. The van der Waals surface area contributed by atoms with Gasteiger partial charge in [-0.15, -0.1) is 0 Å². The summed E-state index contributed by atoms with van der Waals surface area (Å²) in [5.41, 5.74) is 6.53. The Labute approximate surface area is 126 Å². The fourth-order valence-corrected chi connectivity index (χ4v) is 2.35. The molecule has 21 heavy (non-hydrogen) atoms. The Morgan fingerprint density at radius 3 is 2.62 bits per heavy atom. The topological polar surface area (TPSA) is 67.6 Å². The molecular formula is C16H25N3O2. The molecule has 1 amide bonds. The maximum absolute atomic E-state index is 11.4. The first-order chi connectivity index (χ1) is 10.1. The van der Waals surface area contributed by atoms with Gasteiger partial charge >= 0.3 is 0 Å². The van der Waals surface area contributed by atoms with E-state index in [0.29, 0.717) is 6.54 Å². The molecule has 5 heteroatoms. The van der Waals surface area contributed by atoms with E-state index in [0.717, 1.165) is 24.5 Å². The molecule has 116 valence electrons. The molecular weight excluding hydrogens is 266 g/mol. The molecule has 1 heterocycles. The predicted octanol–water partition coefficient (Wildman–Crippen LogP) is 1.12. The molecule has 1 atom stereocenters. The van der Waals surface area contributed by atoms with Gasteiger partial charge in [0.1, 0.15) is 12.4 Å². The van der Waals surface area contributed by atoms with Gasteiger partial charge in [0, 0.05) is 13.1 Å². The van der Waals surface area contributed by atoms with Crippen molar-refractivity contribution in [3.05, 3.63) is 29.8 Å². The molecule has 0 aromatic heterocycles. The summed E-state index contributed by atoms with van der Waals surface area (Å²) in [6.07, 6.45) is 2.61. The average molecular weight is 291 g/mol.